The van der Waals surface area contributed by atoms with Crippen LogP contribution in [0.4, 0.5) is 4.79 Å². The second-order valence-electron chi connectivity index (χ2n) is 4.38. The molecule has 1 saturated heterocycles. The van der Waals surface area contributed by atoms with Crippen molar-refractivity contribution < 1.29 is 4.79 Å². The first-order chi connectivity index (χ1) is 8.27. The topological polar surface area (TPSA) is 44.4 Å². The average Bonchev–Trinajstić information content (AvgIpc) is 2.41. The molecule has 92 valence electrons. The Labute approximate surface area is 102 Å². The third-order valence-corrected chi connectivity index (χ3v) is 3.12. The summed E-state index contributed by atoms with van der Waals surface area (Å²) >= 11 is 0. The highest BCUT2D eigenvalue weighted by atomic mass is 16.2. The standard InChI is InChI=1S/C13H19N3O/c1-11-5-3-2-4-10-16(13(17)15-11)12-6-8-14-9-7-12/h2-5,12,14H,1,6-10H2,(H,15,17)/b4-2-,5-3-. The summed E-state index contributed by atoms with van der Waals surface area (Å²) in [5.74, 6) is 0. The highest BCUT2D eigenvalue weighted by Gasteiger charge is 2.24. The maximum absolute atomic E-state index is 12.1. The molecule has 4 heteroatoms. The van der Waals surface area contributed by atoms with Gasteiger partial charge in [0.15, 0.2) is 0 Å². The Hall–Kier alpha value is -1.55. The first-order valence-electron chi connectivity index (χ1n) is 6.08. The maximum atomic E-state index is 12.1. The zero-order valence-corrected chi connectivity index (χ0v) is 9.98. The van der Waals surface area contributed by atoms with Crippen LogP contribution in [0.2, 0.25) is 0 Å². The van der Waals surface area contributed by atoms with Crippen LogP contribution >= 0.6 is 0 Å². The lowest BCUT2D eigenvalue weighted by Gasteiger charge is -2.33. The average molecular weight is 233 g/mol. The molecule has 1 fully saturated rings. The lowest BCUT2D eigenvalue weighted by molar-refractivity contribution is 0.170. The summed E-state index contributed by atoms with van der Waals surface area (Å²) < 4.78 is 0. The molecule has 0 spiro atoms. The molecule has 17 heavy (non-hydrogen) atoms. The Morgan fingerprint density at radius 3 is 2.82 bits per heavy atom. The van der Waals surface area contributed by atoms with E-state index < -0.39 is 0 Å². The van der Waals surface area contributed by atoms with E-state index in [1.54, 1.807) is 6.08 Å². The zero-order chi connectivity index (χ0) is 12.1. The molecule has 2 amide bonds. The molecule has 0 aliphatic carbocycles. The zero-order valence-electron chi connectivity index (χ0n) is 9.98. The van der Waals surface area contributed by atoms with E-state index in [1.165, 1.54) is 0 Å². The lowest BCUT2D eigenvalue weighted by atomic mass is 10.1. The summed E-state index contributed by atoms with van der Waals surface area (Å²) in [6, 6.07) is 0.282. The summed E-state index contributed by atoms with van der Waals surface area (Å²) in [6.45, 7) is 6.42. The van der Waals surface area contributed by atoms with Crippen LogP contribution in [0.15, 0.2) is 36.6 Å². The van der Waals surface area contributed by atoms with Crippen molar-refractivity contribution in [2.24, 2.45) is 0 Å². The van der Waals surface area contributed by atoms with E-state index in [4.69, 9.17) is 0 Å². The van der Waals surface area contributed by atoms with E-state index in [9.17, 15) is 4.79 Å². The molecular formula is C13H19N3O. The summed E-state index contributed by atoms with van der Waals surface area (Å²) in [6.07, 6.45) is 9.70. The van der Waals surface area contributed by atoms with Crippen molar-refractivity contribution in [1.82, 2.24) is 15.5 Å². The van der Waals surface area contributed by atoms with Gasteiger partial charge < -0.3 is 15.5 Å². The predicted octanol–water partition coefficient (Wildman–Crippen LogP) is 1.39. The summed E-state index contributed by atoms with van der Waals surface area (Å²) in [4.78, 5) is 14.0. The molecule has 0 bridgehead atoms. The second kappa shape index (κ2) is 5.68. The van der Waals surface area contributed by atoms with Crippen molar-refractivity contribution in [3.63, 3.8) is 0 Å². The van der Waals surface area contributed by atoms with E-state index in [2.05, 4.69) is 17.2 Å². The van der Waals surface area contributed by atoms with Gasteiger partial charge in [-0.2, -0.15) is 0 Å². The largest absolute Gasteiger partial charge is 0.322 e. The summed E-state index contributed by atoms with van der Waals surface area (Å²) in [5, 5.41) is 6.13. The Balaban J connectivity index is 2.08. The maximum Gasteiger partial charge on any atom is 0.322 e. The molecule has 0 atom stereocenters. The van der Waals surface area contributed by atoms with Gasteiger partial charge in [0, 0.05) is 18.3 Å². The van der Waals surface area contributed by atoms with Gasteiger partial charge in [-0.05, 0) is 32.0 Å². The lowest BCUT2D eigenvalue weighted by Crippen LogP contribution is -2.49. The third-order valence-electron chi connectivity index (χ3n) is 3.12. The number of nitrogens with zero attached hydrogens (tertiary/aromatic N) is 1. The van der Waals surface area contributed by atoms with Gasteiger partial charge in [0.25, 0.3) is 0 Å². The molecule has 0 aromatic rings. The number of piperidine rings is 1. The van der Waals surface area contributed by atoms with E-state index >= 15 is 0 Å². The predicted molar refractivity (Wildman–Crippen MR) is 68.5 cm³/mol. The van der Waals surface area contributed by atoms with Crippen LogP contribution in [0.3, 0.4) is 0 Å². The van der Waals surface area contributed by atoms with Crippen LogP contribution in [0.1, 0.15) is 12.8 Å². The van der Waals surface area contributed by atoms with Crippen molar-refractivity contribution in [3.8, 4) is 0 Å². The molecule has 0 aromatic heterocycles. The number of carbonyl (C=O) groups excluding carboxylic acids is 1. The number of nitrogens with one attached hydrogen (secondary N) is 2. The quantitative estimate of drug-likeness (QED) is 0.719. The van der Waals surface area contributed by atoms with Crippen molar-refractivity contribution >= 4 is 6.03 Å². The molecule has 0 aromatic carbocycles. The van der Waals surface area contributed by atoms with Crippen LogP contribution in [-0.2, 0) is 0 Å². The number of hydrogen-bond donors (Lipinski definition) is 2. The van der Waals surface area contributed by atoms with Gasteiger partial charge in [-0.1, -0.05) is 24.8 Å². The Bertz CT molecular complexity index is 354. The Morgan fingerprint density at radius 1 is 1.29 bits per heavy atom. The minimum atomic E-state index is -0.0434. The molecule has 2 aliphatic rings. The normalized spacial score (nSPS) is 26.7. The number of rotatable bonds is 1. The number of urea groups is 1. The fourth-order valence-corrected chi connectivity index (χ4v) is 2.19. The number of carbonyl (C=O) groups is 1. The summed E-state index contributed by atoms with van der Waals surface area (Å²) in [7, 11) is 0. The highest BCUT2D eigenvalue weighted by Crippen LogP contribution is 2.13. The molecule has 4 nitrogen and oxygen atoms in total. The smallest absolute Gasteiger partial charge is 0.318 e. The van der Waals surface area contributed by atoms with E-state index in [1.807, 2.05) is 23.1 Å². The molecule has 2 heterocycles. The van der Waals surface area contributed by atoms with Crippen molar-refractivity contribution in [2.75, 3.05) is 19.6 Å². The monoisotopic (exact) mass is 233 g/mol. The van der Waals surface area contributed by atoms with Crippen molar-refractivity contribution in [3.05, 3.63) is 36.6 Å². The molecular weight excluding hydrogens is 214 g/mol. The first kappa shape index (κ1) is 11.9. The van der Waals surface area contributed by atoms with Gasteiger partial charge in [-0.25, -0.2) is 4.79 Å². The minimum Gasteiger partial charge on any atom is -0.318 e. The van der Waals surface area contributed by atoms with Crippen LogP contribution in [0, 0.1) is 0 Å². The van der Waals surface area contributed by atoms with Crippen LogP contribution in [-0.4, -0.2) is 36.6 Å². The highest BCUT2D eigenvalue weighted by molar-refractivity contribution is 5.77. The van der Waals surface area contributed by atoms with E-state index in [-0.39, 0.29) is 6.03 Å². The Morgan fingerprint density at radius 2 is 2.06 bits per heavy atom. The third kappa shape index (κ3) is 3.20. The molecule has 2 N–H and O–H groups in total. The van der Waals surface area contributed by atoms with Gasteiger partial charge in [-0.15, -0.1) is 0 Å². The van der Waals surface area contributed by atoms with E-state index in [0.717, 1.165) is 25.9 Å². The first-order valence-corrected chi connectivity index (χ1v) is 6.08. The van der Waals surface area contributed by atoms with Crippen molar-refractivity contribution in [1.29, 1.82) is 0 Å². The van der Waals surface area contributed by atoms with Gasteiger partial charge >= 0.3 is 6.03 Å². The van der Waals surface area contributed by atoms with Crippen LogP contribution in [0.25, 0.3) is 0 Å². The van der Waals surface area contributed by atoms with Gasteiger partial charge in [0.05, 0.1) is 0 Å². The molecule has 0 unspecified atom stereocenters. The molecule has 2 aliphatic heterocycles. The van der Waals surface area contributed by atoms with Gasteiger partial charge in [0.1, 0.15) is 0 Å². The summed E-state index contributed by atoms with van der Waals surface area (Å²) in [5.41, 5.74) is 0.639. The minimum absolute atomic E-state index is 0.0434. The number of amides is 2. The van der Waals surface area contributed by atoms with Gasteiger partial charge in [-0.3, -0.25) is 0 Å². The molecule has 0 radical (unpaired) electrons. The number of allylic oxidation sites excluding steroid dienone is 3. The second-order valence-corrected chi connectivity index (χ2v) is 4.38. The van der Waals surface area contributed by atoms with Gasteiger partial charge in [0.2, 0.25) is 0 Å². The SMILES string of the molecule is C=C1/C=C\C=C/CN(C2CCNCC2)C(=O)N1. The van der Waals surface area contributed by atoms with E-state index in [0.29, 0.717) is 18.3 Å². The van der Waals surface area contributed by atoms with Crippen molar-refractivity contribution in [2.45, 2.75) is 18.9 Å². The fourth-order valence-electron chi connectivity index (χ4n) is 2.19. The number of hydrogen-bond acceptors (Lipinski definition) is 2. The molecule has 2 rings (SSSR count). The fraction of sp³-hybridized carbons (Fsp3) is 0.462. The molecule has 0 saturated carbocycles. The Kier molecular flexibility index (Phi) is 3.98. The van der Waals surface area contributed by atoms with Crippen LogP contribution < -0.4 is 10.6 Å². The van der Waals surface area contributed by atoms with Crippen LogP contribution in [0.5, 0.6) is 0 Å².